The lowest BCUT2D eigenvalue weighted by Crippen LogP contribution is -2.53. The van der Waals surface area contributed by atoms with Gasteiger partial charge >= 0.3 is 0 Å². The van der Waals surface area contributed by atoms with E-state index in [9.17, 15) is 0 Å². The van der Waals surface area contributed by atoms with Gasteiger partial charge in [-0.1, -0.05) is 24.3 Å². The van der Waals surface area contributed by atoms with Gasteiger partial charge in [-0.25, -0.2) is 0 Å². The van der Waals surface area contributed by atoms with Crippen LogP contribution in [-0.2, 0) is 6.42 Å². The zero-order chi connectivity index (χ0) is 10.3. The maximum absolute atomic E-state index is 5.71. The fourth-order valence-corrected chi connectivity index (χ4v) is 2.81. The Bertz CT molecular complexity index is 359. The third kappa shape index (κ3) is 1.48. The molecular weight excluding hydrogens is 184 g/mol. The van der Waals surface area contributed by atoms with Gasteiger partial charge in [0, 0.05) is 31.6 Å². The van der Waals surface area contributed by atoms with Crippen molar-refractivity contribution in [1.29, 1.82) is 0 Å². The number of benzene rings is 1. The van der Waals surface area contributed by atoms with Crippen LogP contribution >= 0.6 is 0 Å². The third-order valence-electron chi connectivity index (χ3n) is 3.95. The Labute approximate surface area is 91.1 Å². The highest BCUT2D eigenvalue weighted by molar-refractivity contribution is 5.40. The molecule has 0 aromatic heterocycles. The van der Waals surface area contributed by atoms with E-state index in [2.05, 4.69) is 29.2 Å². The Hall–Kier alpha value is -0.860. The van der Waals surface area contributed by atoms with E-state index in [-0.39, 0.29) is 0 Å². The van der Waals surface area contributed by atoms with E-state index in [1.54, 1.807) is 11.1 Å². The molecule has 0 amide bonds. The number of nitrogens with two attached hydrogens (primary N) is 1. The Balaban J connectivity index is 1.63. The summed E-state index contributed by atoms with van der Waals surface area (Å²) in [5, 5.41) is 0. The van der Waals surface area contributed by atoms with Gasteiger partial charge in [0.05, 0.1) is 0 Å². The molecule has 1 aliphatic carbocycles. The average molecular weight is 202 g/mol. The Morgan fingerprint density at radius 2 is 2.20 bits per heavy atom. The SMILES string of the molecule is NCC1CCN1CC1Cc2ccccc21. The van der Waals surface area contributed by atoms with Crippen molar-refractivity contribution in [3.8, 4) is 0 Å². The minimum absolute atomic E-state index is 0.665. The molecule has 0 saturated carbocycles. The lowest BCUT2D eigenvalue weighted by Gasteiger charge is -2.44. The first-order valence-corrected chi connectivity index (χ1v) is 5.90. The lowest BCUT2D eigenvalue weighted by atomic mass is 9.76. The summed E-state index contributed by atoms with van der Waals surface area (Å²) in [5.41, 5.74) is 8.83. The zero-order valence-corrected chi connectivity index (χ0v) is 9.02. The molecular formula is C13H18N2. The van der Waals surface area contributed by atoms with Crippen LogP contribution in [0.4, 0.5) is 0 Å². The van der Waals surface area contributed by atoms with Crippen LogP contribution in [0.15, 0.2) is 24.3 Å². The van der Waals surface area contributed by atoms with Gasteiger partial charge in [-0.3, -0.25) is 4.90 Å². The van der Waals surface area contributed by atoms with Gasteiger partial charge in [0.2, 0.25) is 0 Å². The van der Waals surface area contributed by atoms with Crippen LogP contribution in [0.5, 0.6) is 0 Å². The molecule has 1 fully saturated rings. The second-order valence-electron chi connectivity index (χ2n) is 4.77. The van der Waals surface area contributed by atoms with Crippen molar-refractivity contribution in [2.45, 2.75) is 24.8 Å². The molecule has 1 heterocycles. The van der Waals surface area contributed by atoms with Crippen LogP contribution in [0, 0.1) is 0 Å². The van der Waals surface area contributed by atoms with Crippen LogP contribution in [0.3, 0.4) is 0 Å². The highest BCUT2D eigenvalue weighted by atomic mass is 15.2. The van der Waals surface area contributed by atoms with E-state index in [1.165, 1.54) is 25.9 Å². The van der Waals surface area contributed by atoms with Crippen LogP contribution in [0.2, 0.25) is 0 Å². The van der Waals surface area contributed by atoms with Crippen LogP contribution in [0.1, 0.15) is 23.5 Å². The maximum Gasteiger partial charge on any atom is 0.0230 e. The van der Waals surface area contributed by atoms with Crippen LogP contribution in [0.25, 0.3) is 0 Å². The summed E-state index contributed by atoms with van der Waals surface area (Å²) in [6, 6.07) is 9.49. The molecule has 2 aliphatic rings. The van der Waals surface area contributed by atoms with Gasteiger partial charge in [-0.05, 0) is 24.0 Å². The van der Waals surface area contributed by atoms with Gasteiger partial charge in [0.1, 0.15) is 0 Å². The molecule has 2 atom stereocenters. The zero-order valence-electron chi connectivity index (χ0n) is 9.02. The van der Waals surface area contributed by atoms with Gasteiger partial charge in [-0.15, -0.1) is 0 Å². The number of rotatable bonds is 3. The van der Waals surface area contributed by atoms with Crippen molar-refractivity contribution in [2.24, 2.45) is 5.73 Å². The third-order valence-corrected chi connectivity index (χ3v) is 3.95. The van der Waals surface area contributed by atoms with Crippen molar-refractivity contribution in [3.05, 3.63) is 35.4 Å². The molecule has 1 saturated heterocycles. The van der Waals surface area contributed by atoms with E-state index >= 15 is 0 Å². The number of hydrogen-bond donors (Lipinski definition) is 1. The van der Waals surface area contributed by atoms with E-state index in [0.29, 0.717) is 6.04 Å². The van der Waals surface area contributed by atoms with E-state index < -0.39 is 0 Å². The Morgan fingerprint density at radius 1 is 1.33 bits per heavy atom. The minimum Gasteiger partial charge on any atom is -0.329 e. The molecule has 0 spiro atoms. The molecule has 0 bridgehead atoms. The molecule has 1 aromatic rings. The fourth-order valence-electron chi connectivity index (χ4n) is 2.81. The molecule has 2 unspecified atom stereocenters. The second-order valence-corrected chi connectivity index (χ2v) is 4.77. The standard InChI is InChI=1S/C13H18N2/c14-8-12-5-6-15(12)9-11-7-10-3-1-2-4-13(10)11/h1-4,11-12H,5-9,14H2. The molecule has 3 rings (SSSR count). The Morgan fingerprint density at radius 3 is 2.87 bits per heavy atom. The predicted octanol–water partition coefficient (Wildman–Crippen LogP) is 1.36. The lowest BCUT2D eigenvalue weighted by molar-refractivity contribution is 0.0856. The van der Waals surface area contributed by atoms with E-state index in [4.69, 9.17) is 5.73 Å². The molecule has 2 N–H and O–H groups in total. The summed E-state index contributed by atoms with van der Waals surface area (Å²) in [5.74, 6) is 0.774. The van der Waals surface area contributed by atoms with Crippen LogP contribution < -0.4 is 5.73 Å². The fraction of sp³-hybridized carbons (Fsp3) is 0.538. The van der Waals surface area contributed by atoms with Gasteiger partial charge < -0.3 is 5.73 Å². The maximum atomic E-state index is 5.71. The second kappa shape index (κ2) is 3.62. The molecule has 15 heavy (non-hydrogen) atoms. The summed E-state index contributed by atoms with van der Waals surface area (Å²) in [6.45, 7) is 3.30. The van der Waals surface area contributed by atoms with E-state index in [0.717, 1.165) is 12.5 Å². The first-order chi connectivity index (χ1) is 7.38. The van der Waals surface area contributed by atoms with Crippen molar-refractivity contribution >= 4 is 0 Å². The summed E-state index contributed by atoms with van der Waals surface area (Å²) in [7, 11) is 0. The van der Waals surface area contributed by atoms with E-state index in [1.807, 2.05) is 0 Å². The number of likely N-dealkylation sites (tertiary alicyclic amines) is 1. The molecule has 2 nitrogen and oxygen atoms in total. The molecule has 1 aromatic carbocycles. The minimum atomic E-state index is 0.665. The van der Waals surface area contributed by atoms with Crippen molar-refractivity contribution in [3.63, 3.8) is 0 Å². The predicted molar refractivity (Wildman–Crippen MR) is 61.9 cm³/mol. The molecule has 0 radical (unpaired) electrons. The highest BCUT2D eigenvalue weighted by Crippen LogP contribution is 2.36. The highest BCUT2D eigenvalue weighted by Gasteiger charge is 2.33. The van der Waals surface area contributed by atoms with Gasteiger partial charge in [0.15, 0.2) is 0 Å². The summed E-state index contributed by atoms with van der Waals surface area (Å²) >= 11 is 0. The Kier molecular flexibility index (Phi) is 2.26. The summed E-state index contributed by atoms with van der Waals surface area (Å²) < 4.78 is 0. The van der Waals surface area contributed by atoms with Gasteiger partial charge in [0.25, 0.3) is 0 Å². The average Bonchev–Trinajstić information content (AvgIpc) is 2.18. The monoisotopic (exact) mass is 202 g/mol. The first-order valence-electron chi connectivity index (χ1n) is 5.90. The first kappa shape index (κ1) is 9.37. The normalized spacial score (nSPS) is 29.1. The summed E-state index contributed by atoms with van der Waals surface area (Å²) in [6.07, 6.45) is 2.56. The number of fused-ring (bicyclic) bond motifs is 1. The quantitative estimate of drug-likeness (QED) is 0.802. The number of nitrogens with zero attached hydrogens (tertiary/aromatic N) is 1. The van der Waals surface area contributed by atoms with Crippen LogP contribution in [-0.4, -0.2) is 30.6 Å². The smallest absolute Gasteiger partial charge is 0.0230 e. The van der Waals surface area contributed by atoms with Crippen molar-refractivity contribution < 1.29 is 0 Å². The topological polar surface area (TPSA) is 29.3 Å². The largest absolute Gasteiger partial charge is 0.329 e. The molecule has 1 aliphatic heterocycles. The van der Waals surface area contributed by atoms with Crippen molar-refractivity contribution in [2.75, 3.05) is 19.6 Å². The molecule has 80 valence electrons. The van der Waals surface area contributed by atoms with Gasteiger partial charge in [-0.2, -0.15) is 0 Å². The number of hydrogen-bond acceptors (Lipinski definition) is 2. The van der Waals surface area contributed by atoms with Crippen molar-refractivity contribution in [1.82, 2.24) is 4.90 Å². The summed E-state index contributed by atoms with van der Waals surface area (Å²) in [4.78, 5) is 2.54. The molecule has 2 heteroatoms.